The predicted molar refractivity (Wildman–Crippen MR) is 67.6 cm³/mol. The number of carbonyl (C=O) groups excluding carboxylic acids is 1. The number of methoxy groups -OCH3 is 1. The first kappa shape index (κ1) is 11.5. The van der Waals surface area contributed by atoms with Crippen LogP contribution in [0, 0.1) is 5.41 Å². The lowest BCUT2D eigenvalue weighted by Gasteiger charge is -2.41. The molecule has 0 N–H and O–H groups in total. The number of benzene rings is 1. The van der Waals surface area contributed by atoms with Crippen LogP contribution in [0.2, 0.25) is 0 Å². The van der Waals surface area contributed by atoms with Gasteiger partial charge in [0.25, 0.3) is 0 Å². The summed E-state index contributed by atoms with van der Waals surface area (Å²) in [6, 6.07) is 8.37. The van der Waals surface area contributed by atoms with E-state index in [0.717, 1.165) is 13.0 Å². The van der Waals surface area contributed by atoms with Crippen LogP contribution in [0.5, 0.6) is 0 Å². The van der Waals surface area contributed by atoms with Crippen molar-refractivity contribution in [1.82, 2.24) is 0 Å². The Labute approximate surface area is 106 Å². The topological polar surface area (TPSA) is 38.8 Å². The van der Waals surface area contributed by atoms with Crippen molar-refractivity contribution in [3.05, 3.63) is 29.8 Å². The normalized spacial score (nSPS) is 20.2. The molecule has 0 atom stereocenters. The van der Waals surface area contributed by atoms with Gasteiger partial charge < -0.3 is 14.4 Å². The monoisotopic (exact) mass is 247 g/mol. The second-order valence-electron chi connectivity index (χ2n) is 5.06. The van der Waals surface area contributed by atoms with E-state index >= 15 is 0 Å². The summed E-state index contributed by atoms with van der Waals surface area (Å²) in [5.74, 6) is -0.155. The zero-order valence-corrected chi connectivity index (χ0v) is 10.5. The minimum atomic E-state index is -0.466. The number of hydrogen-bond acceptors (Lipinski definition) is 4. The Balaban J connectivity index is 1.80. The Morgan fingerprint density at radius 2 is 2.22 bits per heavy atom. The minimum Gasteiger partial charge on any atom is -0.468 e. The number of rotatable bonds is 3. The number of hydrogen-bond donors (Lipinski definition) is 0. The van der Waals surface area contributed by atoms with E-state index in [-0.39, 0.29) is 5.97 Å². The molecule has 2 aliphatic rings. The van der Waals surface area contributed by atoms with Gasteiger partial charge in [-0.25, -0.2) is 0 Å². The molecule has 0 bridgehead atoms. The largest absolute Gasteiger partial charge is 0.468 e. The van der Waals surface area contributed by atoms with Crippen molar-refractivity contribution in [2.45, 2.75) is 6.42 Å². The van der Waals surface area contributed by atoms with E-state index in [2.05, 4.69) is 23.1 Å². The predicted octanol–water partition coefficient (Wildman–Crippen LogP) is 1.24. The van der Waals surface area contributed by atoms with Gasteiger partial charge in [0.15, 0.2) is 0 Å². The SMILES string of the molecule is COC(=O)C1(CN2CCc3ccccc32)COC1. The highest BCUT2D eigenvalue weighted by Crippen LogP contribution is 2.35. The van der Waals surface area contributed by atoms with Gasteiger partial charge in [0.1, 0.15) is 5.41 Å². The highest BCUT2D eigenvalue weighted by molar-refractivity contribution is 5.79. The third-order valence-corrected chi connectivity index (χ3v) is 3.85. The van der Waals surface area contributed by atoms with Crippen molar-refractivity contribution in [2.24, 2.45) is 5.41 Å². The van der Waals surface area contributed by atoms with E-state index in [1.807, 2.05) is 6.07 Å². The third kappa shape index (κ3) is 1.68. The molecule has 1 aromatic carbocycles. The van der Waals surface area contributed by atoms with E-state index in [0.29, 0.717) is 19.8 Å². The number of fused-ring (bicyclic) bond motifs is 1. The van der Waals surface area contributed by atoms with Crippen molar-refractivity contribution >= 4 is 11.7 Å². The maximum absolute atomic E-state index is 11.9. The zero-order chi connectivity index (χ0) is 12.6. The van der Waals surface area contributed by atoms with Crippen molar-refractivity contribution < 1.29 is 14.3 Å². The minimum absolute atomic E-state index is 0.155. The van der Waals surface area contributed by atoms with Crippen LogP contribution in [-0.2, 0) is 20.7 Å². The van der Waals surface area contributed by atoms with Crippen LogP contribution < -0.4 is 4.90 Å². The highest BCUT2D eigenvalue weighted by Gasteiger charge is 2.49. The molecule has 0 spiro atoms. The van der Waals surface area contributed by atoms with E-state index in [1.54, 1.807) is 0 Å². The first-order chi connectivity index (χ1) is 8.75. The molecule has 0 unspecified atom stereocenters. The molecule has 1 aromatic rings. The summed E-state index contributed by atoms with van der Waals surface area (Å²) in [5, 5.41) is 0. The number of ether oxygens (including phenoxy) is 2. The molecule has 1 fully saturated rings. The number of esters is 1. The fourth-order valence-corrected chi connectivity index (χ4v) is 2.77. The van der Waals surface area contributed by atoms with Crippen LogP contribution in [-0.4, -0.2) is 39.4 Å². The molecule has 18 heavy (non-hydrogen) atoms. The molecular formula is C14H17NO3. The smallest absolute Gasteiger partial charge is 0.318 e. The molecule has 1 saturated heterocycles. The van der Waals surface area contributed by atoms with Gasteiger partial charge in [-0.05, 0) is 18.1 Å². The third-order valence-electron chi connectivity index (χ3n) is 3.85. The summed E-state index contributed by atoms with van der Waals surface area (Å²) in [5.41, 5.74) is 2.14. The Kier molecular flexibility index (Phi) is 2.74. The van der Waals surface area contributed by atoms with Crippen molar-refractivity contribution in [2.75, 3.05) is 38.3 Å². The van der Waals surface area contributed by atoms with Crippen LogP contribution in [0.15, 0.2) is 24.3 Å². The summed E-state index contributed by atoms with van der Waals surface area (Å²) in [4.78, 5) is 14.2. The highest BCUT2D eigenvalue weighted by atomic mass is 16.5. The van der Waals surface area contributed by atoms with Gasteiger partial charge in [0.05, 0.1) is 20.3 Å². The molecule has 4 heteroatoms. The second kappa shape index (κ2) is 4.28. The number of para-hydroxylation sites is 1. The molecule has 0 radical (unpaired) electrons. The van der Waals surface area contributed by atoms with E-state index < -0.39 is 5.41 Å². The van der Waals surface area contributed by atoms with E-state index in [1.165, 1.54) is 18.4 Å². The van der Waals surface area contributed by atoms with Crippen LogP contribution in [0.25, 0.3) is 0 Å². The standard InChI is InChI=1S/C14H17NO3/c1-17-13(16)14(9-18-10-14)8-15-7-6-11-4-2-3-5-12(11)15/h2-5H,6-10H2,1H3. The lowest BCUT2D eigenvalue weighted by Crippen LogP contribution is -2.56. The first-order valence-corrected chi connectivity index (χ1v) is 6.24. The number of carbonyl (C=O) groups is 1. The van der Waals surface area contributed by atoms with Crippen LogP contribution in [0.4, 0.5) is 5.69 Å². The van der Waals surface area contributed by atoms with Gasteiger partial charge in [-0.3, -0.25) is 4.79 Å². The second-order valence-corrected chi connectivity index (χ2v) is 5.06. The van der Waals surface area contributed by atoms with Gasteiger partial charge >= 0.3 is 5.97 Å². The fourth-order valence-electron chi connectivity index (χ4n) is 2.77. The summed E-state index contributed by atoms with van der Waals surface area (Å²) >= 11 is 0. The molecule has 96 valence electrons. The maximum atomic E-state index is 11.9. The van der Waals surface area contributed by atoms with Crippen LogP contribution >= 0.6 is 0 Å². The van der Waals surface area contributed by atoms with E-state index in [9.17, 15) is 4.79 Å². The van der Waals surface area contributed by atoms with Gasteiger partial charge in [-0.1, -0.05) is 18.2 Å². The summed E-state index contributed by atoms with van der Waals surface area (Å²) in [6.45, 7) is 2.60. The van der Waals surface area contributed by atoms with E-state index in [4.69, 9.17) is 9.47 Å². The average molecular weight is 247 g/mol. The lowest BCUT2D eigenvalue weighted by molar-refractivity contribution is -0.181. The van der Waals surface area contributed by atoms with Crippen molar-refractivity contribution in [1.29, 1.82) is 0 Å². The van der Waals surface area contributed by atoms with Crippen molar-refractivity contribution in [3.63, 3.8) is 0 Å². The van der Waals surface area contributed by atoms with Gasteiger partial charge in [0.2, 0.25) is 0 Å². The van der Waals surface area contributed by atoms with Crippen molar-refractivity contribution in [3.8, 4) is 0 Å². The lowest BCUT2D eigenvalue weighted by atomic mass is 9.85. The average Bonchev–Trinajstić information content (AvgIpc) is 2.76. The summed E-state index contributed by atoms with van der Waals surface area (Å²) < 4.78 is 10.1. The quantitative estimate of drug-likeness (QED) is 0.753. The molecule has 0 aliphatic carbocycles. The van der Waals surface area contributed by atoms with Crippen LogP contribution in [0.3, 0.4) is 0 Å². The van der Waals surface area contributed by atoms with Crippen LogP contribution in [0.1, 0.15) is 5.56 Å². The molecule has 2 heterocycles. The first-order valence-electron chi connectivity index (χ1n) is 6.24. The van der Waals surface area contributed by atoms with Gasteiger partial charge in [-0.2, -0.15) is 0 Å². The molecule has 3 rings (SSSR count). The molecule has 0 saturated carbocycles. The Morgan fingerprint density at radius 3 is 2.89 bits per heavy atom. The molecular weight excluding hydrogens is 230 g/mol. The molecule has 4 nitrogen and oxygen atoms in total. The van der Waals surface area contributed by atoms with Gasteiger partial charge in [0, 0.05) is 18.8 Å². The maximum Gasteiger partial charge on any atom is 0.318 e. The summed E-state index contributed by atoms with van der Waals surface area (Å²) in [6.07, 6.45) is 1.05. The number of nitrogens with zero attached hydrogens (tertiary/aromatic N) is 1. The number of anilines is 1. The van der Waals surface area contributed by atoms with Gasteiger partial charge in [-0.15, -0.1) is 0 Å². The molecule has 0 amide bonds. The Hall–Kier alpha value is -1.55. The summed E-state index contributed by atoms with van der Waals surface area (Å²) in [7, 11) is 1.44. The Bertz CT molecular complexity index is 468. The molecule has 2 aliphatic heterocycles. The molecule has 0 aromatic heterocycles. The Morgan fingerprint density at radius 1 is 1.44 bits per heavy atom. The zero-order valence-electron chi connectivity index (χ0n) is 10.5. The fraction of sp³-hybridized carbons (Fsp3) is 0.500.